The molecule has 40 valence electrons. The van der Waals surface area contributed by atoms with E-state index < -0.39 is 0 Å². The normalized spacial score (nSPS) is 0. The molecule has 0 aromatic heterocycles. The van der Waals surface area contributed by atoms with Crippen LogP contribution in [-0.4, -0.2) is 59.6 Å². The van der Waals surface area contributed by atoms with Gasteiger partial charge in [0.2, 0.25) is 0 Å². The molecule has 0 atom stereocenters. The van der Waals surface area contributed by atoms with Crippen LogP contribution >= 0.6 is 0 Å². The summed E-state index contributed by atoms with van der Waals surface area (Å²) in [5, 5.41) is 0. The van der Waals surface area contributed by atoms with Crippen LogP contribution in [0.2, 0.25) is 0 Å². The first-order valence-corrected chi connectivity index (χ1v) is 0. The predicted octanol–water partition coefficient (Wildman–Crippen LogP) is -6.68. The van der Waals surface area contributed by atoms with Crippen LogP contribution in [0.5, 0.6) is 0 Å². The Morgan fingerprint density at radius 1 is 0.500 bits per heavy atom. The number of rotatable bonds is 0. The molecule has 4 nitrogen and oxygen atoms in total. The SMILES string of the molecule is O.O.O.O.[Ca+2].[Cl-]. The van der Waals surface area contributed by atoms with Crippen molar-refractivity contribution in [2.45, 2.75) is 0 Å². The molecule has 0 aromatic carbocycles. The van der Waals surface area contributed by atoms with Crippen molar-refractivity contribution in [3.8, 4) is 0 Å². The second-order valence-corrected chi connectivity index (χ2v) is 0. The van der Waals surface area contributed by atoms with Gasteiger partial charge in [0.25, 0.3) is 0 Å². The van der Waals surface area contributed by atoms with Gasteiger partial charge in [0.1, 0.15) is 0 Å². The molecule has 0 rings (SSSR count). The van der Waals surface area contributed by atoms with Gasteiger partial charge in [0.15, 0.2) is 0 Å². The van der Waals surface area contributed by atoms with Crippen LogP contribution < -0.4 is 12.4 Å². The topological polar surface area (TPSA) is 126 Å². The Bertz CT molecular complexity index is 7.51. The van der Waals surface area contributed by atoms with Gasteiger partial charge in [0, 0.05) is 0 Å². The first-order valence-electron chi connectivity index (χ1n) is 0. The molecule has 0 spiro atoms. The number of hydrogen-bond acceptors (Lipinski definition) is 0. The first-order chi connectivity index (χ1) is 0. The molecular weight excluding hydrogens is 140 g/mol. The molecule has 0 saturated carbocycles. The van der Waals surface area contributed by atoms with Gasteiger partial charge in [-0.1, -0.05) is 0 Å². The second-order valence-electron chi connectivity index (χ2n) is 0. The Hall–Kier alpha value is 1.39. The fraction of sp³-hybridized carbons (Fsp3) is 0. The largest absolute Gasteiger partial charge is 2.00 e. The quantitative estimate of drug-likeness (QED) is 0.302. The van der Waals surface area contributed by atoms with Crippen LogP contribution in [0, 0.1) is 0 Å². The molecule has 0 radical (unpaired) electrons. The molecule has 0 amide bonds. The van der Waals surface area contributed by atoms with E-state index in [-0.39, 0.29) is 72.1 Å². The van der Waals surface area contributed by atoms with Crippen molar-refractivity contribution in [2.75, 3.05) is 0 Å². The van der Waals surface area contributed by atoms with Crippen molar-refractivity contribution in [2.24, 2.45) is 0 Å². The van der Waals surface area contributed by atoms with Gasteiger partial charge in [-0.3, -0.25) is 0 Å². The van der Waals surface area contributed by atoms with E-state index in [1.54, 1.807) is 0 Å². The number of hydrogen-bond donors (Lipinski definition) is 0. The van der Waals surface area contributed by atoms with Crippen molar-refractivity contribution in [1.82, 2.24) is 0 Å². The van der Waals surface area contributed by atoms with E-state index in [2.05, 4.69) is 0 Å². The summed E-state index contributed by atoms with van der Waals surface area (Å²) in [5.74, 6) is 0. The summed E-state index contributed by atoms with van der Waals surface area (Å²) in [4.78, 5) is 0. The molecule has 0 aromatic rings. The molecule has 0 fully saturated rings. The van der Waals surface area contributed by atoms with Gasteiger partial charge in [-0.2, -0.15) is 0 Å². The minimum Gasteiger partial charge on any atom is -1.00 e. The van der Waals surface area contributed by atoms with E-state index in [0.717, 1.165) is 0 Å². The van der Waals surface area contributed by atoms with Crippen LogP contribution in [0.25, 0.3) is 0 Å². The van der Waals surface area contributed by atoms with Gasteiger partial charge < -0.3 is 34.3 Å². The molecule has 0 saturated heterocycles. The Balaban J connectivity index is 0. The monoisotopic (exact) mass is 147 g/mol. The molecule has 8 N–H and O–H groups in total. The first kappa shape index (κ1) is 156. The van der Waals surface area contributed by atoms with E-state index in [1.165, 1.54) is 0 Å². The van der Waals surface area contributed by atoms with Crippen molar-refractivity contribution in [3.05, 3.63) is 0 Å². The maximum absolute atomic E-state index is 0. The molecular formula is H8CaClO4+. The summed E-state index contributed by atoms with van der Waals surface area (Å²) in [6.45, 7) is 0. The minimum atomic E-state index is 0. The molecule has 0 bridgehead atoms. The van der Waals surface area contributed by atoms with E-state index in [4.69, 9.17) is 0 Å². The zero-order chi connectivity index (χ0) is 0. The average molecular weight is 148 g/mol. The molecule has 0 aliphatic heterocycles. The van der Waals surface area contributed by atoms with Gasteiger partial charge in [-0.25, -0.2) is 0 Å². The third-order valence-electron chi connectivity index (χ3n) is 0. The maximum atomic E-state index is 0. The Kier molecular flexibility index (Phi) is 2500. The van der Waals surface area contributed by atoms with Crippen LogP contribution in [-0.2, 0) is 0 Å². The minimum absolute atomic E-state index is 0. The Labute approximate surface area is 71.6 Å². The predicted molar refractivity (Wildman–Crippen MR) is 20.2 cm³/mol. The summed E-state index contributed by atoms with van der Waals surface area (Å²) >= 11 is 0. The zero-order valence-corrected chi connectivity index (χ0v) is 6.05. The Morgan fingerprint density at radius 2 is 0.500 bits per heavy atom. The summed E-state index contributed by atoms with van der Waals surface area (Å²) in [5.41, 5.74) is 0. The van der Waals surface area contributed by atoms with E-state index >= 15 is 0 Å². The van der Waals surface area contributed by atoms with Gasteiger partial charge in [-0.05, 0) is 0 Å². The van der Waals surface area contributed by atoms with Crippen LogP contribution in [0.1, 0.15) is 0 Å². The van der Waals surface area contributed by atoms with Gasteiger partial charge in [-0.15, -0.1) is 0 Å². The third kappa shape index (κ3) is 53.8. The van der Waals surface area contributed by atoms with Crippen molar-refractivity contribution in [1.29, 1.82) is 0 Å². The molecule has 0 aliphatic carbocycles. The molecule has 0 aliphatic rings. The zero-order valence-electron chi connectivity index (χ0n) is 3.09. The summed E-state index contributed by atoms with van der Waals surface area (Å²) in [7, 11) is 0. The van der Waals surface area contributed by atoms with Crippen molar-refractivity contribution in [3.63, 3.8) is 0 Å². The van der Waals surface area contributed by atoms with E-state index in [0.29, 0.717) is 0 Å². The third-order valence-corrected chi connectivity index (χ3v) is 0. The van der Waals surface area contributed by atoms with E-state index in [9.17, 15) is 0 Å². The van der Waals surface area contributed by atoms with Crippen LogP contribution in [0.15, 0.2) is 0 Å². The summed E-state index contributed by atoms with van der Waals surface area (Å²) in [6, 6.07) is 0. The summed E-state index contributed by atoms with van der Waals surface area (Å²) in [6.07, 6.45) is 0. The Morgan fingerprint density at radius 3 is 0.500 bits per heavy atom. The van der Waals surface area contributed by atoms with E-state index in [1.807, 2.05) is 0 Å². The fourth-order valence-electron chi connectivity index (χ4n) is 0. The fourth-order valence-corrected chi connectivity index (χ4v) is 0. The molecule has 6 heteroatoms. The number of halogens is 1. The van der Waals surface area contributed by atoms with Crippen LogP contribution in [0.3, 0.4) is 0 Å². The molecule has 0 unspecified atom stereocenters. The molecule has 6 heavy (non-hydrogen) atoms. The van der Waals surface area contributed by atoms with Gasteiger partial charge >= 0.3 is 37.7 Å². The van der Waals surface area contributed by atoms with Crippen molar-refractivity contribution >= 4 is 37.7 Å². The molecule has 0 heterocycles. The smallest absolute Gasteiger partial charge is 1.00 e. The van der Waals surface area contributed by atoms with Gasteiger partial charge in [0.05, 0.1) is 0 Å². The maximum Gasteiger partial charge on any atom is 2.00 e. The summed E-state index contributed by atoms with van der Waals surface area (Å²) < 4.78 is 0. The standard InChI is InChI=1S/Ca.ClH.4H2O/h;1H;4*1H2/q+2;;;;;/p-1. The average Bonchev–Trinajstić information content (AvgIpc) is 0. The van der Waals surface area contributed by atoms with Crippen LogP contribution in [0.4, 0.5) is 0 Å². The second kappa shape index (κ2) is 96.1. The van der Waals surface area contributed by atoms with Crippen molar-refractivity contribution < 1.29 is 34.3 Å².